The average molecular weight is 433 g/mol. The van der Waals surface area contributed by atoms with Gasteiger partial charge in [0.25, 0.3) is 0 Å². The molecule has 2 nitrogen and oxygen atoms in total. The van der Waals surface area contributed by atoms with Gasteiger partial charge in [-0.1, -0.05) is 29.8 Å². The lowest BCUT2D eigenvalue weighted by molar-refractivity contribution is -0.142. The van der Waals surface area contributed by atoms with Gasteiger partial charge in [-0.05, 0) is 31.2 Å². The maximum Gasteiger partial charge on any atom is 0.416 e. The number of hydrogen-bond acceptors (Lipinski definition) is 2. The van der Waals surface area contributed by atoms with Crippen LogP contribution in [0.2, 0.25) is 0 Å². The van der Waals surface area contributed by atoms with Crippen LogP contribution in [0.4, 0.5) is 26.3 Å². The van der Waals surface area contributed by atoms with Crippen LogP contribution in [0, 0.1) is 0 Å². The molecule has 0 aromatic heterocycles. The van der Waals surface area contributed by atoms with Crippen LogP contribution < -0.4 is 0 Å². The maximum absolute atomic E-state index is 13.1. The summed E-state index contributed by atoms with van der Waals surface area (Å²) in [6, 6.07) is 0.949. The predicted octanol–water partition coefficient (Wildman–Crippen LogP) is 6.59. The molecule has 0 unspecified atom stereocenters. The molecule has 0 saturated heterocycles. The number of halogens is 8. The van der Waals surface area contributed by atoms with E-state index in [1.165, 1.54) is 6.92 Å². The van der Waals surface area contributed by atoms with Crippen LogP contribution in [-0.4, -0.2) is 6.29 Å². The van der Waals surface area contributed by atoms with Gasteiger partial charge in [0.2, 0.25) is 0 Å². The third kappa shape index (κ3) is 6.62. The number of hydrogen-bond donors (Lipinski definition) is 0. The van der Waals surface area contributed by atoms with Gasteiger partial charge >= 0.3 is 12.4 Å². The molecule has 0 atom stereocenters. The van der Waals surface area contributed by atoms with E-state index < -0.39 is 41.4 Å². The molecular weight excluding hydrogens is 421 g/mol. The van der Waals surface area contributed by atoms with Crippen LogP contribution >= 0.6 is 23.2 Å². The Morgan fingerprint density at radius 3 is 2.15 bits per heavy atom. The summed E-state index contributed by atoms with van der Waals surface area (Å²) in [5.41, 5.74) is -3.62. The van der Waals surface area contributed by atoms with Gasteiger partial charge in [0.1, 0.15) is 12.4 Å². The van der Waals surface area contributed by atoms with Gasteiger partial charge in [-0.3, -0.25) is 4.79 Å². The Labute approximate surface area is 160 Å². The van der Waals surface area contributed by atoms with Gasteiger partial charge in [0, 0.05) is 10.6 Å². The maximum atomic E-state index is 13.1. The molecule has 0 N–H and O–H groups in total. The van der Waals surface area contributed by atoms with Crippen LogP contribution in [0.15, 0.2) is 52.3 Å². The highest BCUT2D eigenvalue weighted by Crippen LogP contribution is 2.37. The number of carbonyl (C=O) groups is 1. The van der Waals surface area contributed by atoms with Crippen molar-refractivity contribution in [2.45, 2.75) is 25.9 Å². The summed E-state index contributed by atoms with van der Waals surface area (Å²) in [7, 11) is 0. The van der Waals surface area contributed by atoms with Crippen molar-refractivity contribution < 1.29 is 35.9 Å². The van der Waals surface area contributed by atoms with Gasteiger partial charge in [-0.15, -0.1) is 0 Å². The van der Waals surface area contributed by atoms with Crippen molar-refractivity contribution in [3.63, 3.8) is 0 Å². The lowest BCUT2D eigenvalue weighted by atomic mass is 10.0. The number of allylic oxidation sites excluding steroid dienone is 4. The molecule has 1 aromatic carbocycles. The molecule has 0 spiro atoms. The minimum Gasteiger partial charge on any atom is -0.487 e. The van der Waals surface area contributed by atoms with Crippen molar-refractivity contribution in [3.05, 3.63) is 68.9 Å². The molecule has 27 heavy (non-hydrogen) atoms. The molecule has 0 bridgehead atoms. The first-order valence-corrected chi connectivity index (χ1v) is 7.81. The van der Waals surface area contributed by atoms with Crippen molar-refractivity contribution in [2.24, 2.45) is 0 Å². The third-order valence-electron chi connectivity index (χ3n) is 3.10. The standard InChI is InChI=1S/C17H12Cl2F6O2/c1-9(18)5-11(7-26)15(10(2)19)27-8-12-6-13(16(20,21)22)3-4-14(12)17(23,24)25/h3-7H,2,8H2,1H3/b9-5+,15-11-. The molecular formula is C17H12Cl2F6O2. The molecule has 0 saturated carbocycles. The normalized spacial score (nSPS) is 13.9. The summed E-state index contributed by atoms with van der Waals surface area (Å²) >= 11 is 11.3. The lowest BCUT2D eigenvalue weighted by Crippen LogP contribution is -2.13. The van der Waals surface area contributed by atoms with Crippen LogP contribution in [0.5, 0.6) is 0 Å². The zero-order chi connectivity index (χ0) is 21.0. The highest BCUT2D eigenvalue weighted by Gasteiger charge is 2.37. The smallest absolute Gasteiger partial charge is 0.416 e. The van der Waals surface area contributed by atoms with Gasteiger partial charge in [-0.2, -0.15) is 26.3 Å². The van der Waals surface area contributed by atoms with E-state index in [1.54, 1.807) is 0 Å². The molecule has 0 aliphatic heterocycles. The second-order valence-corrected chi connectivity index (χ2v) is 6.25. The Hall–Kier alpha value is -1.93. The largest absolute Gasteiger partial charge is 0.487 e. The molecule has 0 fully saturated rings. The number of rotatable bonds is 6. The minimum absolute atomic E-state index is 0.131. The van der Waals surface area contributed by atoms with Crippen molar-refractivity contribution >= 4 is 29.5 Å². The number of aldehydes is 1. The van der Waals surface area contributed by atoms with E-state index in [-0.39, 0.29) is 21.9 Å². The fraction of sp³-hybridized carbons (Fsp3) is 0.235. The molecule has 148 valence electrons. The average Bonchev–Trinajstić information content (AvgIpc) is 2.51. The Bertz CT molecular complexity index is 788. The number of ether oxygens (including phenoxy) is 1. The van der Waals surface area contributed by atoms with Crippen molar-refractivity contribution in [1.82, 2.24) is 0 Å². The first-order chi connectivity index (χ1) is 12.3. The monoisotopic (exact) mass is 432 g/mol. The fourth-order valence-corrected chi connectivity index (χ4v) is 2.28. The summed E-state index contributed by atoms with van der Waals surface area (Å²) in [4.78, 5) is 11.1. The third-order valence-corrected chi connectivity index (χ3v) is 3.38. The van der Waals surface area contributed by atoms with E-state index >= 15 is 0 Å². The van der Waals surface area contributed by atoms with E-state index in [0.29, 0.717) is 18.2 Å². The van der Waals surface area contributed by atoms with Gasteiger partial charge in [0.15, 0.2) is 6.29 Å². The first kappa shape index (κ1) is 23.1. The summed E-state index contributed by atoms with van der Waals surface area (Å²) < 4.78 is 82.8. The van der Waals surface area contributed by atoms with Gasteiger partial charge < -0.3 is 4.74 Å². The summed E-state index contributed by atoms with van der Waals surface area (Å²) in [5.74, 6) is -0.405. The number of benzene rings is 1. The van der Waals surface area contributed by atoms with E-state index in [2.05, 4.69) is 6.58 Å². The second-order valence-electron chi connectivity index (χ2n) is 5.19. The van der Waals surface area contributed by atoms with Gasteiger partial charge in [-0.25, -0.2) is 0 Å². The summed E-state index contributed by atoms with van der Waals surface area (Å²) in [6.07, 6.45) is -8.37. The Morgan fingerprint density at radius 1 is 1.15 bits per heavy atom. The Morgan fingerprint density at radius 2 is 1.74 bits per heavy atom. The number of carbonyl (C=O) groups excluding carboxylic acids is 1. The molecule has 0 heterocycles. The molecule has 0 radical (unpaired) electrons. The predicted molar refractivity (Wildman–Crippen MR) is 88.9 cm³/mol. The topological polar surface area (TPSA) is 26.3 Å². The highest BCUT2D eigenvalue weighted by atomic mass is 35.5. The molecule has 0 amide bonds. The van der Waals surface area contributed by atoms with Crippen molar-refractivity contribution in [1.29, 1.82) is 0 Å². The molecule has 10 heteroatoms. The first-order valence-electron chi connectivity index (χ1n) is 7.05. The SMILES string of the molecule is C=C(Cl)/C(OCc1cc(C(F)(F)F)ccc1C(F)(F)F)=C(C=O)\C=C(/C)Cl. The molecule has 0 aliphatic carbocycles. The van der Waals surface area contributed by atoms with Crippen LogP contribution in [-0.2, 0) is 28.5 Å². The van der Waals surface area contributed by atoms with Gasteiger partial charge in [0.05, 0.1) is 21.7 Å². The van der Waals surface area contributed by atoms with Crippen LogP contribution in [0.3, 0.4) is 0 Å². The zero-order valence-electron chi connectivity index (χ0n) is 13.6. The van der Waals surface area contributed by atoms with Crippen LogP contribution in [0.1, 0.15) is 23.6 Å². The van der Waals surface area contributed by atoms with Crippen molar-refractivity contribution in [2.75, 3.05) is 0 Å². The number of alkyl halides is 6. The molecule has 1 rings (SSSR count). The fourth-order valence-electron chi connectivity index (χ4n) is 2.00. The Kier molecular flexibility index (Phi) is 7.57. The molecule has 0 aliphatic rings. The van der Waals surface area contributed by atoms with Crippen molar-refractivity contribution in [3.8, 4) is 0 Å². The quantitative estimate of drug-likeness (QED) is 0.166. The summed E-state index contributed by atoms with van der Waals surface area (Å²) in [6.45, 7) is 3.79. The summed E-state index contributed by atoms with van der Waals surface area (Å²) in [5, 5.41) is -0.210. The zero-order valence-corrected chi connectivity index (χ0v) is 15.2. The second kappa shape index (κ2) is 8.84. The van der Waals surface area contributed by atoms with E-state index in [1.807, 2.05) is 0 Å². The highest BCUT2D eigenvalue weighted by molar-refractivity contribution is 6.32. The molecule has 1 aromatic rings. The van der Waals surface area contributed by atoms with Crippen LogP contribution in [0.25, 0.3) is 0 Å². The van der Waals surface area contributed by atoms with E-state index in [4.69, 9.17) is 27.9 Å². The van der Waals surface area contributed by atoms with E-state index in [9.17, 15) is 31.1 Å². The lowest BCUT2D eigenvalue weighted by Gasteiger charge is -2.17. The Balaban J connectivity index is 3.40. The minimum atomic E-state index is -4.91. The van der Waals surface area contributed by atoms with E-state index in [0.717, 1.165) is 6.08 Å².